The van der Waals surface area contributed by atoms with E-state index in [0.29, 0.717) is 5.92 Å². The molecule has 0 saturated heterocycles. The number of rotatable bonds is 19. The fraction of sp³-hybridized carbons (Fsp3) is 0.694. The first-order valence-electron chi connectivity index (χ1n) is 16.5. The highest BCUT2D eigenvalue weighted by Gasteiger charge is 2.35. The lowest BCUT2D eigenvalue weighted by molar-refractivity contribution is 0.223. The van der Waals surface area contributed by atoms with E-state index in [1.807, 2.05) is 12.4 Å². The summed E-state index contributed by atoms with van der Waals surface area (Å²) in [7, 11) is 0. The Bertz CT molecular complexity index is 933. The SMILES string of the molecule is CCCCCCCCCCc1cnc(-c2ccc(C3CCC(C#N)(CCCCCCCCC)CC3)cc2)nc1. The minimum Gasteiger partial charge on any atom is -0.236 e. The van der Waals surface area contributed by atoms with Crippen LogP contribution in [0.15, 0.2) is 36.7 Å². The van der Waals surface area contributed by atoms with Crippen LogP contribution in [-0.4, -0.2) is 9.97 Å². The Kier molecular flexibility index (Phi) is 14.6. The first-order chi connectivity index (χ1) is 19.2. The van der Waals surface area contributed by atoms with Gasteiger partial charge >= 0.3 is 0 Å². The van der Waals surface area contributed by atoms with E-state index in [1.54, 1.807) is 0 Å². The van der Waals surface area contributed by atoms with Gasteiger partial charge in [-0.2, -0.15) is 5.26 Å². The molecule has 0 aliphatic heterocycles. The van der Waals surface area contributed by atoms with E-state index in [4.69, 9.17) is 0 Å². The Morgan fingerprint density at radius 2 is 1.23 bits per heavy atom. The van der Waals surface area contributed by atoms with E-state index in [0.717, 1.165) is 49.9 Å². The Morgan fingerprint density at radius 1 is 0.718 bits per heavy atom. The Balaban J connectivity index is 1.38. The molecule has 3 heteroatoms. The quantitative estimate of drug-likeness (QED) is 0.170. The van der Waals surface area contributed by atoms with E-state index in [-0.39, 0.29) is 5.41 Å². The molecule has 1 aliphatic rings. The van der Waals surface area contributed by atoms with E-state index >= 15 is 0 Å². The van der Waals surface area contributed by atoms with Gasteiger partial charge in [0.1, 0.15) is 0 Å². The zero-order valence-electron chi connectivity index (χ0n) is 25.2. The third-order valence-corrected chi connectivity index (χ3v) is 9.10. The lowest BCUT2D eigenvalue weighted by atomic mass is 9.67. The van der Waals surface area contributed by atoms with Gasteiger partial charge in [0.15, 0.2) is 5.82 Å². The summed E-state index contributed by atoms with van der Waals surface area (Å²) in [6.45, 7) is 4.55. The largest absolute Gasteiger partial charge is 0.236 e. The molecule has 1 heterocycles. The highest BCUT2D eigenvalue weighted by Crippen LogP contribution is 2.45. The van der Waals surface area contributed by atoms with Crippen LogP contribution in [0.5, 0.6) is 0 Å². The van der Waals surface area contributed by atoms with Crippen molar-refractivity contribution in [3.8, 4) is 17.5 Å². The summed E-state index contributed by atoms with van der Waals surface area (Å²) in [4.78, 5) is 9.36. The molecule has 3 rings (SSSR count). The van der Waals surface area contributed by atoms with Crippen LogP contribution in [-0.2, 0) is 6.42 Å². The number of nitriles is 1. The fourth-order valence-electron chi connectivity index (χ4n) is 6.34. The van der Waals surface area contributed by atoms with Gasteiger partial charge in [0.05, 0.1) is 11.5 Å². The average Bonchev–Trinajstić information content (AvgIpc) is 2.99. The zero-order valence-corrected chi connectivity index (χ0v) is 25.2. The Morgan fingerprint density at radius 3 is 1.77 bits per heavy atom. The summed E-state index contributed by atoms with van der Waals surface area (Å²) in [5.41, 5.74) is 3.68. The monoisotopic (exact) mass is 529 g/mol. The number of benzene rings is 1. The minimum absolute atomic E-state index is 0.0793. The zero-order chi connectivity index (χ0) is 27.6. The summed E-state index contributed by atoms with van der Waals surface area (Å²) in [6.07, 6.45) is 30.6. The first-order valence-corrected chi connectivity index (χ1v) is 16.5. The summed E-state index contributed by atoms with van der Waals surface area (Å²) >= 11 is 0. The standard InChI is InChI=1S/C36H55N3/c1-3-5-7-9-11-12-14-16-18-31-28-38-35(39-29-31)34-21-19-32(20-22-34)33-23-26-36(30-37,27-24-33)25-17-15-13-10-8-6-4-2/h19-22,28-29,33H,3-18,23-27H2,1-2H3. The van der Waals surface area contributed by atoms with Crippen molar-refractivity contribution in [2.24, 2.45) is 5.41 Å². The number of unbranched alkanes of at least 4 members (excludes halogenated alkanes) is 13. The van der Waals surface area contributed by atoms with E-state index in [1.165, 1.54) is 107 Å². The van der Waals surface area contributed by atoms with Crippen LogP contribution >= 0.6 is 0 Å². The molecule has 214 valence electrons. The topological polar surface area (TPSA) is 49.6 Å². The highest BCUT2D eigenvalue weighted by atomic mass is 14.9. The van der Waals surface area contributed by atoms with Crippen molar-refractivity contribution in [3.63, 3.8) is 0 Å². The van der Waals surface area contributed by atoms with Crippen LogP contribution in [0.2, 0.25) is 0 Å². The van der Waals surface area contributed by atoms with Crippen molar-refractivity contribution in [3.05, 3.63) is 47.8 Å². The van der Waals surface area contributed by atoms with Gasteiger partial charge in [-0.25, -0.2) is 9.97 Å². The number of aromatic nitrogens is 2. The molecule has 2 aromatic rings. The average molecular weight is 530 g/mol. The maximum Gasteiger partial charge on any atom is 0.159 e. The van der Waals surface area contributed by atoms with Crippen molar-refractivity contribution < 1.29 is 0 Å². The molecule has 0 unspecified atom stereocenters. The number of hydrogen-bond acceptors (Lipinski definition) is 3. The second-order valence-corrected chi connectivity index (χ2v) is 12.3. The molecule has 1 saturated carbocycles. The summed E-state index contributed by atoms with van der Waals surface area (Å²) in [5.74, 6) is 1.40. The number of nitrogens with zero attached hydrogens (tertiary/aromatic N) is 3. The van der Waals surface area contributed by atoms with Crippen LogP contribution in [0.1, 0.15) is 159 Å². The molecular weight excluding hydrogens is 474 g/mol. The van der Waals surface area contributed by atoms with Crippen molar-refractivity contribution in [1.82, 2.24) is 9.97 Å². The van der Waals surface area contributed by atoms with Gasteiger partial charge in [-0.1, -0.05) is 128 Å². The van der Waals surface area contributed by atoms with Crippen molar-refractivity contribution in [1.29, 1.82) is 5.26 Å². The van der Waals surface area contributed by atoms with Gasteiger partial charge in [-0.3, -0.25) is 0 Å². The van der Waals surface area contributed by atoms with E-state index in [2.05, 4.69) is 54.2 Å². The molecule has 1 aliphatic carbocycles. The predicted octanol–water partition coefficient (Wildman–Crippen LogP) is 11.1. The molecular formula is C36H55N3. The van der Waals surface area contributed by atoms with Crippen molar-refractivity contribution >= 4 is 0 Å². The second kappa shape index (κ2) is 18.2. The molecule has 0 amide bonds. The fourth-order valence-corrected chi connectivity index (χ4v) is 6.34. The maximum atomic E-state index is 10.00. The maximum absolute atomic E-state index is 10.00. The van der Waals surface area contributed by atoms with Crippen molar-refractivity contribution in [2.45, 2.75) is 155 Å². The van der Waals surface area contributed by atoms with Gasteiger partial charge in [-0.15, -0.1) is 0 Å². The van der Waals surface area contributed by atoms with Gasteiger partial charge in [0.2, 0.25) is 0 Å². The smallest absolute Gasteiger partial charge is 0.159 e. The predicted molar refractivity (Wildman–Crippen MR) is 166 cm³/mol. The molecule has 1 aromatic carbocycles. The summed E-state index contributed by atoms with van der Waals surface area (Å²) < 4.78 is 0. The lowest BCUT2D eigenvalue weighted by Crippen LogP contribution is -2.25. The van der Waals surface area contributed by atoms with Gasteiger partial charge in [0, 0.05) is 18.0 Å². The minimum atomic E-state index is -0.0793. The number of aryl methyl sites for hydroxylation is 1. The van der Waals surface area contributed by atoms with E-state index in [9.17, 15) is 5.26 Å². The van der Waals surface area contributed by atoms with Crippen LogP contribution in [0.4, 0.5) is 0 Å². The molecule has 0 bridgehead atoms. The first kappa shape index (κ1) is 31.3. The Hall–Kier alpha value is -2.21. The molecule has 39 heavy (non-hydrogen) atoms. The van der Waals surface area contributed by atoms with Gasteiger partial charge in [0.25, 0.3) is 0 Å². The normalized spacial score (nSPS) is 19.2. The molecule has 1 aromatic heterocycles. The van der Waals surface area contributed by atoms with Crippen molar-refractivity contribution in [2.75, 3.05) is 0 Å². The molecule has 0 atom stereocenters. The second-order valence-electron chi connectivity index (χ2n) is 12.3. The van der Waals surface area contributed by atoms with Gasteiger partial charge in [-0.05, 0) is 62.0 Å². The van der Waals surface area contributed by atoms with Crippen LogP contribution < -0.4 is 0 Å². The Labute approximate surface area is 240 Å². The molecule has 0 radical (unpaired) electrons. The molecule has 1 fully saturated rings. The summed E-state index contributed by atoms with van der Waals surface area (Å²) in [6, 6.07) is 11.7. The van der Waals surface area contributed by atoms with Gasteiger partial charge < -0.3 is 0 Å². The third-order valence-electron chi connectivity index (χ3n) is 9.10. The van der Waals surface area contributed by atoms with Crippen LogP contribution in [0.3, 0.4) is 0 Å². The highest BCUT2D eigenvalue weighted by molar-refractivity contribution is 5.55. The third kappa shape index (κ3) is 11.1. The molecule has 0 N–H and O–H groups in total. The van der Waals surface area contributed by atoms with Crippen LogP contribution in [0.25, 0.3) is 11.4 Å². The number of hydrogen-bond donors (Lipinski definition) is 0. The lowest BCUT2D eigenvalue weighted by Gasteiger charge is -2.35. The summed E-state index contributed by atoms with van der Waals surface area (Å²) in [5, 5.41) is 10.00. The molecule has 0 spiro atoms. The molecule has 3 nitrogen and oxygen atoms in total. The van der Waals surface area contributed by atoms with Crippen LogP contribution in [0, 0.1) is 16.7 Å². The van der Waals surface area contributed by atoms with E-state index < -0.39 is 0 Å².